The maximum Gasteiger partial charge on any atom is 0.120 e. The molecule has 0 radical (unpaired) electrons. The van der Waals surface area contributed by atoms with E-state index in [1.165, 1.54) is 31.5 Å². The van der Waals surface area contributed by atoms with Crippen molar-refractivity contribution in [2.24, 2.45) is 0 Å². The normalized spacial score (nSPS) is 17.6. The number of benzene rings is 1. The van der Waals surface area contributed by atoms with Crippen LogP contribution in [0.15, 0.2) is 24.3 Å². The van der Waals surface area contributed by atoms with Crippen molar-refractivity contribution in [1.29, 1.82) is 0 Å². The smallest absolute Gasteiger partial charge is 0.120 e. The fourth-order valence-electron chi connectivity index (χ4n) is 2.74. The molecule has 2 rings (SSSR count). The Balaban J connectivity index is 1.75. The van der Waals surface area contributed by atoms with Crippen LogP contribution in [0.2, 0.25) is 0 Å². The Morgan fingerprint density at radius 1 is 1.20 bits per heavy atom. The topological polar surface area (TPSA) is 24.5 Å². The molecule has 0 aliphatic carbocycles. The van der Waals surface area contributed by atoms with Crippen LogP contribution in [0.4, 0.5) is 0 Å². The average Bonchev–Trinajstić information content (AvgIpc) is 2.92. The van der Waals surface area contributed by atoms with Gasteiger partial charge in [-0.2, -0.15) is 0 Å². The molecule has 0 bridgehead atoms. The summed E-state index contributed by atoms with van der Waals surface area (Å²) in [6.07, 6.45) is 2.95. The first-order valence-electron chi connectivity index (χ1n) is 7.85. The van der Waals surface area contributed by atoms with Crippen molar-refractivity contribution < 1.29 is 4.74 Å². The Labute approximate surface area is 123 Å². The summed E-state index contributed by atoms with van der Waals surface area (Å²) in [6.45, 7) is 10.9. The second-order valence-electron chi connectivity index (χ2n) is 6.04. The first-order valence-corrected chi connectivity index (χ1v) is 7.85. The predicted octanol–water partition coefficient (Wildman–Crippen LogP) is 3.05. The van der Waals surface area contributed by atoms with Gasteiger partial charge in [0.1, 0.15) is 5.75 Å². The first kappa shape index (κ1) is 15.3. The first-order chi connectivity index (χ1) is 9.65. The molecule has 1 aliphatic rings. The summed E-state index contributed by atoms with van der Waals surface area (Å²) in [5.41, 5.74) is 1.29. The minimum atomic E-state index is 0.230. The van der Waals surface area contributed by atoms with Crippen LogP contribution in [-0.4, -0.2) is 36.7 Å². The van der Waals surface area contributed by atoms with Gasteiger partial charge in [0.15, 0.2) is 0 Å². The third kappa shape index (κ3) is 4.80. The zero-order valence-corrected chi connectivity index (χ0v) is 13.1. The number of hydrogen-bond acceptors (Lipinski definition) is 3. The van der Waals surface area contributed by atoms with Crippen LogP contribution >= 0.6 is 0 Å². The third-order valence-electron chi connectivity index (χ3n) is 3.80. The van der Waals surface area contributed by atoms with E-state index in [0.29, 0.717) is 6.04 Å². The third-order valence-corrected chi connectivity index (χ3v) is 3.80. The molecule has 1 fully saturated rings. The zero-order valence-electron chi connectivity index (χ0n) is 13.1. The van der Waals surface area contributed by atoms with E-state index in [4.69, 9.17) is 4.74 Å². The lowest BCUT2D eigenvalue weighted by Gasteiger charge is -2.24. The second kappa shape index (κ2) is 7.65. The van der Waals surface area contributed by atoms with Gasteiger partial charge in [0.2, 0.25) is 0 Å². The summed E-state index contributed by atoms with van der Waals surface area (Å²) in [7, 11) is 0. The molecule has 1 saturated heterocycles. The molecule has 0 amide bonds. The van der Waals surface area contributed by atoms with Crippen molar-refractivity contribution in [3.05, 3.63) is 29.8 Å². The Bertz CT molecular complexity index is 400. The van der Waals surface area contributed by atoms with Gasteiger partial charge in [0.05, 0.1) is 6.10 Å². The Hall–Kier alpha value is -1.06. The molecule has 1 unspecified atom stereocenters. The SMILES string of the molecule is CC(C)Oc1cccc(CNCC(C)N2CCCC2)c1. The monoisotopic (exact) mass is 276 g/mol. The summed E-state index contributed by atoms with van der Waals surface area (Å²) in [4.78, 5) is 2.57. The fraction of sp³-hybridized carbons (Fsp3) is 0.647. The molecular weight excluding hydrogens is 248 g/mol. The molecule has 0 spiro atoms. The van der Waals surface area contributed by atoms with Gasteiger partial charge in [-0.3, -0.25) is 4.90 Å². The van der Waals surface area contributed by atoms with Gasteiger partial charge >= 0.3 is 0 Å². The van der Waals surface area contributed by atoms with E-state index in [2.05, 4.69) is 49.2 Å². The molecule has 0 saturated carbocycles. The molecule has 3 nitrogen and oxygen atoms in total. The number of nitrogens with one attached hydrogen (secondary N) is 1. The molecular formula is C17H28N2O. The number of hydrogen-bond donors (Lipinski definition) is 1. The molecule has 1 aromatic carbocycles. The number of rotatable bonds is 7. The standard InChI is InChI=1S/C17H28N2O/c1-14(2)20-17-8-6-7-16(11-17)13-18-12-15(3)19-9-4-5-10-19/h6-8,11,14-15,18H,4-5,9-10,12-13H2,1-3H3. The van der Waals surface area contributed by atoms with Crippen molar-refractivity contribution in [1.82, 2.24) is 10.2 Å². The maximum absolute atomic E-state index is 5.73. The van der Waals surface area contributed by atoms with E-state index < -0.39 is 0 Å². The maximum atomic E-state index is 5.73. The van der Waals surface area contributed by atoms with E-state index in [9.17, 15) is 0 Å². The van der Waals surface area contributed by atoms with Gasteiger partial charge in [-0.25, -0.2) is 0 Å². The second-order valence-corrected chi connectivity index (χ2v) is 6.04. The minimum absolute atomic E-state index is 0.230. The summed E-state index contributed by atoms with van der Waals surface area (Å²) in [5, 5.41) is 3.56. The van der Waals surface area contributed by atoms with E-state index >= 15 is 0 Å². The minimum Gasteiger partial charge on any atom is -0.491 e. The number of nitrogens with zero attached hydrogens (tertiary/aromatic N) is 1. The van der Waals surface area contributed by atoms with Gasteiger partial charge in [0, 0.05) is 19.1 Å². The van der Waals surface area contributed by atoms with Crippen LogP contribution in [0.5, 0.6) is 5.75 Å². The van der Waals surface area contributed by atoms with Crippen LogP contribution in [0, 0.1) is 0 Å². The molecule has 0 aromatic heterocycles. The van der Waals surface area contributed by atoms with Crippen molar-refractivity contribution in [3.8, 4) is 5.75 Å². The lowest BCUT2D eigenvalue weighted by Crippen LogP contribution is -2.38. The van der Waals surface area contributed by atoms with Crippen molar-refractivity contribution >= 4 is 0 Å². The fourth-order valence-corrected chi connectivity index (χ4v) is 2.74. The molecule has 1 heterocycles. The molecule has 1 aromatic rings. The van der Waals surface area contributed by atoms with Crippen LogP contribution in [-0.2, 0) is 6.54 Å². The van der Waals surface area contributed by atoms with Crippen LogP contribution in [0.1, 0.15) is 39.2 Å². The van der Waals surface area contributed by atoms with Crippen LogP contribution in [0.25, 0.3) is 0 Å². The van der Waals surface area contributed by atoms with Crippen molar-refractivity contribution in [2.45, 2.75) is 52.3 Å². The molecule has 1 N–H and O–H groups in total. The number of likely N-dealkylation sites (tertiary alicyclic amines) is 1. The summed E-state index contributed by atoms with van der Waals surface area (Å²) >= 11 is 0. The van der Waals surface area contributed by atoms with E-state index in [-0.39, 0.29) is 6.10 Å². The van der Waals surface area contributed by atoms with Crippen LogP contribution < -0.4 is 10.1 Å². The Morgan fingerprint density at radius 2 is 1.95 bits per heavy atom. The van der Waals surface area contributed by atoms with Gasteiger partial charge in [0.25, 0.3) is 0 Å². The Kier molecular flexibility index (Phi) is 5.86. The Morgan fingerprint density at radius 3 is 2.65 bits per heavy atom. The highest BCUT2D eigenvalue weighted by atomic mass is 16.5. The summed E-state index contributed by atoms with van der Waals surface area (Å²) in [6, 6.07) is 9.01. The molecule has 1 atom stereocenters. The quantitative estimate of drug-likeness (QED) is 0.828. The molecule has 3 heteroatoms. The molecule has 20 heavy (non-hydrogen) atoms. The van der Waals surface area contributed by atoms with Crippen molar-refractivity contribution in [3.63, 3.8) is 0 Å². The van der Waals surface area contributed by atoms with E-state index in [0.717, 1.165) is 18.8 Å². The predicted molar refractivity (Wildman–Crippen MR) is 84.2 cm³/mol. The van der Waals surface area contributed by atoms with Gasteiger partial charge in [-0.15, -0.1) is 0 Å². The van der Waals surface area contributed by atoms with Crippen molar-refractivity contribution in [2.75, 3.05) is 19.6 Å². The van der Waals surface area contributed by atoms with Gasteiger partial charge in [-0.1, -0.05) is 12.1 Å². The number of ether oxygens (including phenoxy) is 1. The lowest BCUT2D eigenvalue weighted by atomic mass is 10.2. The molecule has 112 valence electrons. The summed E-state index contributed by atoms with van der Waals surface area (Å²) in [5.74, 6) is 0.965. The van der Waals surface area contributed by atoms with E-state index in [1.54, 1.807) is 0 Å². The van der Waals surface area contributed by atoms with Gasteiger partial charge < -0.3 is 10.1 Å². The summed E-state index contributed by atoms with van der Waals surface area (Å²) < 4.78 is 5.73. The van der Waals surface area contributed by atoms with Gasteiger partial charge in [-0.05, 0) is 64.4 Å². The lowest BCUT2D eigenvalue weighted by molar-refractivity contribution is 0.242. The highest BCUT2D eigenvalue weighted by molar-refractivity contribution is 5.28. The van der Waals surface area contributed by atoms with Crippen LogP contribution in [0.3, 0.4) is 0 Å². The molecule has 1 aliphatic heterocycles. The largest absolute Gasteiger partial charge is 0.491 e. The highest BCUT2D eigenvalue weighted by Crippen LogP contribution is 2.15. The highest BCUT2D eigenvalue weighted by Gasteiger charge is 2.17. The van der Waals surface area contributed by atoms with E-state index in [1.807, 2.05) is 6.07 Å². The average molecular weight is 276 g/mol. The zero-order chi connectivity index (χ0) is 14.4.